The number of carbonyl (C=O) groups is 2. The van der Waals surface area contributed by atoms with Crippen LogP contribution in [0.1, 0.15) is 56.1 Å². The van der Waals surface area contributed by atoms with Crippen LogP contribution in [0.2, 0.25) is 0 Å². The van der Waals surface area contributed by atoms with E-state index < -0.39 is 12.1 Å². The number of aryl methyl sites for hydroxylation is 1. The number of nitrogens with one attached hydrogen (secondary N) is 1. The van der Waals surface area contributed by atoms with Gasteiger partial charge in [-0.2, -0.15) is 5.10 Å². The Balaban J connectivity index is 1.57. The first-order valence-electron chi connectivity index (χ1n) is 9.99. The largest absolute Gasteiger partial charge is 0.449 e. The minimum absolute atomic E-state index is 0.147. The van der Waals surface area contributed by atoms with E-state index in [4.69, 9.17) is 4.74 Å². The number of ether oxygens (including phenoxy) is 1. The average molecular weight is 383 g/mol. The van der Waals surface area contributed by atoms with E-state index in [1.54, 1.807) is 29.9 Å². The van der Waals surface area contributed by atoms with Gasteiger partial charge >= 0.3 is 5.97 Å². The zero-order chi connectivity index (χ0) is 20.3. The molecular formula is C22H29N3O3. The Hall–Kier alpha value is -2.63. The molecule has 28 heavy (non-hydrogen) atoms. The van der Waals surface area contributed by atoms with Crippen LogP contribution in [-0.4, -0.2) is 33.8 Å². The lowest BCUT2D eigenvalue weighted by Crippen LogP contribution is -2.47. The SMILES string of the molecule is Cc1ccnn1-c1ccc(C(=O)O[C@H](C)C(=O)N[C@H]2CCC[C@H](C)[C@@H]2C)cc1. The van der Waals surface area contributed by atoms with Gasteiger partial charge in [0.05, 0.1) is 11.3 Å². The first-order valence-corrected chi connectivity index (χ1v) is 9.99. The summed E-state index contributed by atoms with van der Waals surface area (Å²) in [5.74, 6) is 0.285. The topological polar surface area (TPSA) is 73.2 Å². The maximum atomic E-state index is 12.5. The molecule has 0 saturated heterocycles. The molecule has 1 amide bonds. The summed E-state index contributed by atoms with van der Waals surface area (Å²) in [6, 6.07) is 9.06. The van der Waals surface area contributed by atoms with Gasteiger partial charge in [0.25, 0.3) is 5.91 Å². The van der Waals surface area contributed by atoms with Crippen LogP contribution in [0.15, 0.2) is 36.5 Å². The Kier molecular flexibility index (Phi) is 6.17. The van der Waals surface area contributed by atoms with Crippen molar-refractivity contribution in [1.29, 1.82) is 0 Å². The molecule has 0 unspecified atom stereocenters. The third-order valence-corrected chi connectivity index (χ3v) is 5.87. The van der Waals surface area contributed by atoms with Gasteiger partial charge < -0.3 is 10.1 Å². The molecule has 1 aliphatic rings. The molecule has 1 aromatic carbocycles. The number of nitrogens with zero attached hydrogens (tertiary/aromatic N) is 2. The summed E-state index contributed by atoms with van der Waals surface area (Å²) in [6.07, 6.45) is 4.20. The first-order chi connectivity index (χ1) is 13.4. The fourth-order valence-electron chi connectivity index (χ4n) is 3.75. The Bertz CT molecular complexity index is 828. The molecule has 3 rings (SSSR count). The average Bonchev–Trinajstić information content (AvgIpc) is 3.11. The molecule has 0 aliphatic heterocycles. The molecule has 1 N–H and O–H groups in total. The van der Waals surface area contributed by atoms with Crippen molar-refractivity contribution in [2.45, 2.75) is 59.1 Å². The van der Waals surface area contributed by atoms with Crippen molar-refractivity contribution in [3.05, 3.63) is 47.8 Å². The molecule has 6 heteroatoms. The molecule has 1 heterocycles. The second kappa shape index (κ2) is 8.59. The molecule has 6 nitrogen and oxygen atoms in total. The molecule has 1 aromatic heterocycles. The third-order valence-electron chi connectivity index (χ3n) is 5.87. The second-order valence-electron chi connectivity index (χ2n) is 7.86. The van der Waals surface area contributed by atoms with E-state index in [2.05, 4.69) is 24.3 Å². The number of hydrogen-bond acceptors (Lipinski definition) is 4. The van der Waals surface area contributed by atoms with E-state index >= 15 is 0 Å². The third kappa shape index (κ3) is 4.43. The minimum atomic E-state index is -0.829. The van der Waals surface area contributed by atoms with E-state index in [9.17, 15) is 9.59 Å². The summed E-state index contributed by atoms with van der Waals surface area (Å²) in [6.45, 7) is 7.98. The van der Waals surface area contributed by atoms with E-state index in [1.165, 1.54) is 6.42 Å². The monoisotopic (exact) mass is 383 g/mol. The molecule has 0 spiro atoms. The van der Waals surface area contributed by atoms with E-state index in [0.29, 0.717) is 17.4 Å². The minimum Gasteiger partial charge on any atom is -0.449 e. The number of hydrogen-bond donors (Lipinski definition) is 1. The molecule has 1 saturated carbocycles. The number of rotatable bonds is 5. The smallest absolute Gasteiger partial charge is 0.338 e. The molecule has 1 aliphatic carbocycles. The van der Waals surface area contributed by atoms with Crippen LogP contribution in [0, 0.1) is 18.8 Å². The van der Waals surface area contributed by atoms with Gasteiger partial charge in [-0.1, -0.05) is 26.7 Å². The standard InChI is InChI=1S/C22H29N3O3/c1-14-6-5-7-20(16(14)3)24-21(26)17(4)28-22(27)18-8-10-19(11-9-18)25-15(2)12-13-23-25/h8-14,16-17,20H,5-7H2,1-4H3,(H,24,26)/t14-,16-,17+,20-/m0/s1. The predicted octanol–water partition coefficient (Wildman–Crippen LogP) is 3.67. The zero-order valence-corrected chi connectivity index (χ0v) is 17.0. The van der Waals surface area contributed by atoms with Crippen molar-refractivity contribution in [1.82, 2.24) is 15.1 Å². The van der Waals surface area contributed by atoms with Crippen LogP contribution >= 0.6 is 0 Å². The number of amides is 1. The van der Waals surface area contributed by atoms with E-state index in [1.807, 2.05) is 25.1 Å². The highest BCUT2D eigenvalue weighted by atomic mass is 16.5. The second-order valence-corrected chi connectivity index (χ2v) is 7.86. The summed E-state index contributed by atoms with van der Waals surface area (Å²) < 4.78 is 7.17. The fourth-order valence-corrected chi connectivity index (χ4v) is 3.75. The molecule has 150 valence electrons. The van der Waals surface area contributed by atoms with Crippen molar-refractivity contribution < 1.29 is 14.3 Å². The molecule has 0 radical (unpaired) electrons. The maximum absolute atomic E-state index is 12.5. The molecule has 1 fully saturated rings. The molecule has 4 atom stereocenters. The predicted molar refractivity (Wildman–Crippen MR) is 107 cm³/mol. The van der Waals surface area contributed by atoms with Gasteiger partial charge in [-0.25, -0.2) is 9.48 Å². The lowest BCUT2D eigenvalue weighted by atomic mass is 9.78. The normalized spacial score (nSPS) is 23.1. The summed E-state index contributed by atoms with van der Waals surface area (Å²) in [7, 11) is 0. The summed E-state index contributed by atoms with van der Waals surface area (Å²) in [5, 5.41) is 7.31. The van der Waals surface area contributed by atoms with Crippen molar-refractivity contribution in [2.24, 2.45) is 11.8 Å². The molecular weight excluding hydrogens is 354 g/mol. The number of esters is 1. The quantitative estimate of drug-likeness (QED) is 0.800. The fraction of sp³-hybridized carbons (Fsp3) is 0.500. The van der Waals surface area contributed by atoms with Gasteiger partial charge in [0.2, 0.25) is 0 Å². The lowest BCUT2D eigenvalue weighted by molar-refractivity contribution is -0.130. The Morgan fingerprint density at radius 1 is 1.18 bits per heavy atom. The highest BCUT2D eigenvalue weighted by Gasteiger charge is 2.30. The van der Waals surface area contributed by atoms with Crippen LogP contribution in [0.25, 0.3) is 5.69 Å². The summed E-state index contributed by atoms with van der Waals surface area (Å²) in [4.78, 5) is 24.9. The number of benzene rings is 1. The zero-order valence-electron chi connectivity index (χ0n) is 17.0. The van der Waals surface area contributed by atoms with Gasteiger partial charge in [0, 0.05) is 17.9 Å². The van der Waals surface area contributed by atoms with Crippen molar-refractivity contribution in [3.8, 4) is 5.69 Å². The molecule has 0 bridgehead atoms. The molecule has 2 aromatic rings. The van der Waals surface area contributed by atoms with Gasteiger partial charge in [0.1, 0.15) is 0 Å². The van der Waals surface area contributed by atoms with Crippen LogP contribution in [-0.2, 0) is 9.53 Å². The van der Waals surface area contributed by atoms with Gasteiger partial charge in [0.15, 0.2) is 6.10 Å². The van der Waals surface area contributed by atoms with Crippen LogP contribution in [0.5, 0.6) is 0 Å². The summed E-state index contributed by atoms with van der Waals surface area (Å²) in [5.41, 5.74) is 2.28. The van der Waals surface area contributed by atoms with Crippen molar-refractivity contribution >= 4 is 11.9 Å². The Morgan fingerprint density at radius 2 is 1.89 bits per heavy atom. The van der Waals surface area contributed by atoms with Gasteiger partial charge in [-0.3, -0.25) is 4.79 Å². The highest BCUT2D eigenvalue weighted by Crippen LogP contribution is 2.29. The number of aromatic nitrogens is 2. The Labute approximate surface area is 166 Å². The van der Waals surface area contributed by atoms with E-state index in [-0.39, 0.29) is 11.9 Å². The maximum Gasteiger partial charge on any atom is 0.338 e. The highest BCUT2D eigenvalue weighted by molar-refractivity contribution is 5.92. The summed E-state index contributed by atoms with van der Waals surface area (Å²) >= 11 is 0. The van der Waals surface area contributed by atoms with Crippen LogP contribution in [0.3, 0.4) is 0 Å². The lowest BCUT2D eigenvalue weighted by Gasteiger charge is -2.35. The van der Waals surface area contributed by atoms with Crippen LogP contribution in [0.4, 0.5) is 0 Å². The van der Waals surface area contributed by atoms with Gasteiger partial charge in [-0.05, 0) is 62.4 Å². The van der Waals surface area contributed by atoms with Crippen LogP contribution < -0.4 is 5.32 Å². The van der Waals surface area contributed by atoms with Crippen molar-refractivity contribution in [3.63, 3.8) is 0 Å². The Morgan fingerprint density at radius 3 is 2.54 bits per heavy atom. The van der Waals surface area contributed by atoms with Crippen molar-refractivity contribution in [2.75, 3.05) is 0 Å². The van der Waals surface area contributed by atoms with E-state index in [0.717, 1.165) is 24.2 Å². The van der Waals surface area contributed by atoms with Gasteiger partial charge in [-0.15, -0.1) is 0 Å². The number of carbonyl (C=O) groups excluding carboxylic acids is 2. The first kappa shape index (κ1) is 20.1.